The molecule has 0 radical (unpaired) electrons. The van der Waals surface area contributed by atoms with Crippen molar-refractivity contribution in [1.29, 1.82) is 0 Å². The third kappa shape index (κ3) is 3.12. The molecule has 2 aromatic heterocycles. The molecule has 2 aromatic rings. The lowest BCUT2D eigenvalue weighted by Crippen LogP contribution is -2.18. The van der Waals surface area contributed by atoms with Gasteiger partial charge in [-0.05, 0) is 13.0 Å². The maximum Gasteiger partial charge on any atom is 0.151 e. The second kappa shape index (κ2) is 5.90. The molecule has 5 nitrogen and oxygen atoms in total. The summed E-state index contributed by atoms with van der Waals surface area (Å²) in [7, 11) is 1.69. The van der Waals surface area contributed by atoms with E-state index in [1.165, 1.54) is 0 Å². The van der Waals surface area contributed by atoms with Gasteiger partial charge < -0.3 is 14.5 Å². The number of aryl methyl sites for hydroxylation is 1. The van der Waals surface area contributed by atoms with Crippen LogP contribution in [0.2, 0.25) is 0 Å². The van der Waals surface area contributed by atoms with E-state index in [4.69, 9.17) is 9.15 Å². The first-order chi connectivity index (χ1) is 8.31. The van der Waals surface area contributed by atoms with Gasteiger partial charge in [0.1, 0.15) is 10.8 Å². The molecule has 0 spiro atoms. The van der Waals surface area contributed by atoms with E-state index < -0.39 is 0 Å². The predicted molar refractivity (Wildman–Crippen MR) is 65.9 cm³/mol. The molecular weight excluding hydrogens is 238 g/mol. The molecule has 2 rings (SSSR count). The molecule has 0 amide bonds. The van der Waals surface area contributed by atoms with Crippen molar-refractivity contribution in [2.75, 3.05) is 20.3 Å². The van der Waals surface area contributed by atoms with Gasteiger partial charge in [-0.3, -0.25) is 0 Å². The highest BCUT2D eigenvalue weighted by molar-refractivity contribution is 7.14. The summed E-state index contributed by atoms with van der Waals surface area (Å²) >= 11 is 1.58. The van der Waals surface area contributed by atoms with Crippen LogP contribution in [0.25, 0.3) is 10.6 Å². The number of nitrogens with zero attached hydrogens (tertiary/aromatic N) is 2. The molecule has 17 heavy (non-hydrogen) atoms. The Hall–Kier alpha value is -1.24. The first-order valence-electron chi connectivity index (χ1n) is 5.37. The van der Waals surface area contributed by atoms with Crippen molar-refractivity contribution in [3.8, 4) is 10.6 Å². The molecule has 6 heteroatoms. The quantitative estimate of drug-likeness (QED) is 0.796. The lowest BCUT2D eigenvalue weighted by molar-refractivity contribution is 0.199. The monoisotopic (exact) mass is 253 g/mol. The average molecular weight is 253 g/mol. The van der Waals surface area contributed by atoms with Crippen LogP contribution < -0.4 is 5.32 Å². The Balaban J connectivity index is 1.95. The average Bonchev–Trinajstić information content (AvgIpc) is 2.93. The molecule has 0 aliphatic carbocycles. The Labute approximate surface area is 104 Å². The normalized spacial score (nSPS) is 10.9. The molecule has 0 saturated carbocycles. The van der Waals surface area contributed by atoms with Gasteiger partial charge in [0, 0.05) is 20.2 Å². The topological polar surface area (TPSA) is 60.2 Å². The van der Waals surface area contributed by atoms with Gasteiger partial charge in [0.05, 0.1) is 18.4 Å². The third-order valence-electron chi connectivity index (χ3n) is 2.32. The molecule has 0 saturated heterocycles. The number of nitrogens with one attached hydrogen (secondary N) is 1. The fourth-order valence-electron chi connectivity index (χ4n) is 1.41. The van der Waals surface area contributed by atoms with Crippen LogP contribution in [0.5, 0.6) is 0 Å². The van der Waals surface area contributed by atoms with E-state index in [0.717, 1.165) is 34.4 Å². The molecular formula is C11H15N3O2S. The van der Waals surface area contributed by atoms with Gasteiger partial charge in [0.15, 0.2) is 5.01 Å². The molecule has 2 heterocycles. The van der Waals surface area contributed by atoms with E-state index in [0.29, 0.717) is 6.61 Å². The molecule has 0 aliphatic heterocycles. The molecule has 0 fully saturated rings. The Bertz CT molecular complexity index is 467. The van der Waals surface area contributed by atoms with Crippen LogP contribution in [0.1, 0.15) is 10.8 Å². The Kier molecular flexibility index (Phi) is 4.24. The standard InChI is InChI=1S/C11H15N3O2S/c1-8-9(3-5-16-8)11-14-13-10(17-11)7-12-4-6-15-2/h3,5,12H,4,6-7H2,1-2H3. The molecule has 0 aromatic carbocycles. The summed E-state index contributed by atoms with van der Waals surface area (Å²) in [6.07, 6.45) is 1.67. The number of methoxy groups -OCH3 is 1. The van der Waals surface area contributed by atoms with E-state index in [1.807, 2.05) is 13.0 Å². The van der Waals surface area contributed by atoms with E-state index in [-0.39, 0.29) is 0 Å². The number of rotatable bonds is 6. The Morgan fingerprint density at radius 2 is 2.35 bits per heavy atom. The van der Waals surface area contributed by atoms with Crippen LogP contribution >= 0.6 is 11.3 Å². The molecule has 0 unspecified atom stereocenters. The first kappa shape index (κ1) is 12.2. The molecule has 0 atom stereocenters. The van der Waals surface area contributed by atoms with Gasteiger partial charge in [-0.25, -0.2) is 0 Å². The number of hydrogen-bond donors (Lipinski definition) is 1. The fraction of sp³-hybridized carbons (Fsp3) is 0.455. The number of aromatic nitrogens is 2. The maximum atomic E-state index is 5.25. The van der Waals surface area contributed by atoms with Gasteiger partial charge in [0.25, 0.3) is 0 Å². The van der Waals surface area contributed by atoms with Crippen LogP contribution in [-0.4, -0.2) is 30.5 Å². The van der Waals surface area contributed by atoms with Crippen molar-refractivity contribution in [1.82, 2.24) is 15.5 Å². The summed E-state index contributed by atoms with van der Waals surface area (Å²) in [5.74, 6) is 0.875. The SMILES string of the molecule is COCCNCc1nnc(-c2ccoc2C)s1. The summed E-state index contributed by atoms with van der Waals surface area (Å²) in [5, 5.41) is 13.4. The second-order valence-corrected chi connectivity index (χ2v) is 4.62. The molecule has 0 bridgehead atoms. The predicted octanol–water partition coefficient (Wildman–Crippen LogP) is 1.84. The van der Waals surface area contributed by atoms with Crippen molar-refractivity contribution >= 4 is 11.3 Å². The van der Waals surface area contributed by atoms with Crippen molar-refractivity contribution in [3.63, 3.8) is 0 Å². The summed E-state index contributed by atoms with van der Waals surface area (Å²) in [4.78, 5) is 0. The highest BCUT2D eigenvalue weighted by atomic mass is 32.1. The highest BCUT2D eigenvalue weighted by Gasteiger charge is 2.10. The number of furan rings is 1. The lowest BCUT2D eigenvalue weighted by Gasteiger charge is -1.99. The smallest absolute Gasteiger partial charge is 0.151 e. The first-order valence-corrected chi connectivity index (χ1v) is 6.19. The minimum Gasteiger partial charge on any atom is -0.469 e. The molecule has 1 N–H and O–H groups in total. The zero-order valence-corrected chi connectivity index (χ0v) is 10.7. The summed E-state index contributed by atoms with van der Waals surface area (Å²) in [6, 6.07) is 1.91. The highest BCUT2D eigenvalue weighted by Crippen LogP contribution is 2.26. The maximum absolute atomic E-state index is 5.25. The van der Waals surface area contributed by atoms with Crippen LogP contribution in [0.15, 0.2) is 16.7 Å². The van der Waals surface area contributed by atoms with E-state index in [1.54, 1.807) is 24.7 Å². The fourth-order valence-corrected chi connectivity index (χ4v) is 2.29. The Morgan fingerprint density at radius 1 is 1.47 bits per heavy atom. The van der Waals surface area contributed by atoms with E-state index in [9.17, 15) is 0 Å². The molecule has 0 aliphatic rings. The number of ether oxygens (including phenoxy) is 1. The Morgan fingerprint density at radius 3 is 3.06 bits per heavy atom. The van der Waals surface area contributed by atoms with E-state index in [2.05, 4.69) is 15.5 Å². The van der Waals surface area contributed by atoms with Gasteiger partial charge >= 0.3 is 0 Å². The lowest BCUT2D eigenvalue weighted by atomic mass is 10.3. The summed E-state index contributed by atoms with van der Waals surface area (Å²) in [5.41, 5.74) is 1.02. The van der Waals surface area contributed by atoms with Crippen LogP contribution in [0, 0.1) is 6.92 Å². The minimum atomic E-state index is 0.701. The largest absolute Gasteiger partial charge is 0.469 e. The third-order valence-corrected chi connectivity index (χ3v) is 3.27. The van der Waals surface area contributed by atoms with Crippen molar-refractivity contribution in [2.24, 2.45) is 0 Å². The van der Waals surface area contributed by atoms with Crippen molar-refractivity contribution < 1.29 is 9.15 Å². The van der Waals surface area contributed by atoms with Crippen molar-refractivity contribution in [2.45, 2.75) is 13.5 Å². The van der Waals surface area contributed by atoms with Gasteiger partial charge in [-0.1, -0.05) is 11.3 Å². The second-order valence-electron chi connectivity index (χ2n) is 3.56. The van der Waals surface area contributed by atoms with Gasteiger partial charge in [-0.15, -0.1) is 10.2 Å². The summed E-state index contributed by atoms with van der Waals surface area (Å²) in [6.45, 7) is 4.16. The zero-order valence-electron chi connectivity index (χ0n) is 9.90. The van der Waals surface area contributed by atoms with Crippen molar-refractivity contribution in [3.05, 3.63) is 23.1 Å². The zero-order chi connectivity index (χ0) is 12.1. The number of hydrogen-bond acceptors (Lipinski definition) is 6. The van der Waals surface area contributed by atoms with Crippen LogP contribution in [0.4, 0.5) is 0 Å². The van der Waals surface area contributed by atoms with Gasteiger partial charge in [0.2, 0.25) is 0 Å². The van der Waals surface area contributed by atoms with E-state index >= 15 is 0 Å². The van der Waals surface area contributed by atoms with Crippen LogP contribution in [0.3, 0.4) is 0 Å². The van der Waals surface area contributed by atoms with Crippen LogP contribution in [-0.2, 0) is 11.3 Å². The summed E-state index contributed by atoms with van der Waals surface area (Å²) < 4.78 is 10.2. The minimum absolute atomic E-state index is 0.701. The van der Waals surface area contributed by atoms with Gasteiger partial charge in [-0.2, -0.15) is 0 Å². The molecule has 92 valence electrons.